The van der Waals surface area contributed by atoms with Crippen LogP contribution in [-0.2, 0) is 13.0 Å². The highest BCUT2D eigenvalue weighted by molar-refractivity contribution is 5.90. The molecule has 0 spiro atoms. The molecule has 0 aliphatic carbocycles. The number of nitrogens with zero attached hydrogens (tertiary/aromatic N) is 4. The lowest BCUT2D eigenvalue weighted by Gasteiger charge is -2.31. The molecule has 40 heavy (non-hydrogen) atoms. The minimum absolute atomic E-state index is 0.171. The zero-order valence-electron chi connectivity index (χ0n) is 23.0. The van der Waals surface area contributed by atoms with Gasteiger partial charge < -0.3 is 19.5 Å². The van der Waals surface area contributed by atoms with Crippen LogP contribution in [0.5, 0.6) is 5.75 Å². The van der Waals surface area contributed by atoms with Gasteiger partial charge in [0.15, 0.2) is 0 Å². The molecule has 0 fully saturated rings. The number of amides is 2. The monoisotopic (exact) mass is 531 g/mol. The number of aryl methyl sites for hydroxylation is 2. The second-order valence-corrected chi connectivity index (χ2v) is 9.95. The van der Waals surface area contributed by atoms with Gasteiger partial charge in [0.05, 0.1) is 36.3 Å². The summed E-state index contributed by atoms with van der Waals surface area (Å²) in [7, 11) is 0. The third kappa shape index (κ3) is 4.64. The van der Waals surface area contributed by atoms with Crippen molar-refractivity contribution in [2.45, 2.75) is 39.8 Å². The van der Waals surface area contributed by atoms with Crippen LogP contribution in [0.3, 0.4) is 0 Å². The van der Waals surface area contributed by atoms with Crippen molar-refractivity contribution in [3.05, 3.63) is 125 Å². The Morgan fingerprint density at radius 3 is 2.40 bits per heavy atom. The highest BCUT2D eigenvalue weighted by Crippen LogP contribution is 2.39. The molecule has 1 N–H and O–H groups in total. The van der Waals surface area contributed by atoms with E-state index in [0.717, 1.165) is 51.9 Å². The van der Waals surface area contributed by atoms with Gasteiger partial charge in [-0.25, -0.2) is 9.48 Å². The predicted octanol–water partition coefficient (Wildman–Crippen LogP) is 7.07. The van der Waals surface area contributed by atoms with Gasteiger partial charge in [-0.05, 0) is 79.9 Å². The summed E-state index contributed by atoms with van der Waals surface area (Å²) in [5.74, 6) is 1.75. The van der Waals surface area contributed by atoms with Crippen LogP contribution < -0.4 is 10.1 Å². The Morgan fingerprint density at radius 2 is 1.70 bits per heavy atom. The Kier molecular flexibility index (Phi) is 6.86. The fourth-order valence-corrected chi connectivity index (χ4v) is 5.43. The number of hydrogen-bond acceptors (Lipinski definition) is 3. The Balaban J connectivity index is 1.49. The van der Waals surface area contributed by atoms with E-state index in [1.165, 1.54) is 5.56 Å². The molecule has 0 unspecified atom stereocenters. The van der Waals surface area contributed by atoms with Gasteiger partial charge in [0, 0.05) is 17.4 Å². The number of rotatable bonds is 6. The number of urea groups is 1. The molecule has 5 aromatic rings. The zero-order chi connectivity index (χ0) is 27.6. The number of anilines is 1. The van der Waals surface area contributed by atoms with E-state index >= 15 is 0 Å². The SMILES string of the molecule is CCOc1ccc([C@@H]2c3cccn3-c3c(c(C)nn3-c3ccccc3)CN2C(=O)Nc2ccc(CC)cc2)cc1. The molecule has 6 rings (SSSR count). The smallest absolute Gasteiger partial charge is 0.322 e. The molecule has 0 bridgehead atoms. The van der Waals surface area contributed by atoms with Gasteiger partial charge in [-0.15, -0.1) is 0 Å². The summed E-state index contributed by atoms with van der Waals surface area (Å²) in [6.45, 7) is 7.10. The second kappa shape index (κ2) is 10.8. The van der Waals surface area contributed by atoms with Crippen molar-refractivity contribution in [2.75, 3.05) is 11.9 Å². The first-order chi connectivity index (χ1) is 19.6. The third-order valence-corrected chi connectivity index (χ3v) is 7.47. The molecule has 2 amide bonds. The first-order valence-electron chi connectivity index (χ1n) is 13.8. The molecule has 1 aliphatic heterocycles. The van der Waals surface area contributed by atoms with Gasteiger partial charge in [0.25, 0.3) is 0 Å². The molecule has 202 valence electrons. The average Bonchev–Trinajstić information content (AvgIpc) is 3.55. The maximum absolute atomic E-state index is 14.1. The van der Waals surface area contributed by atoms with Gasteiger partial charge in [0.2, 0.25) is 0 Å². The minimum atomic E-state index is -0.336. The molecular formula is C33H33N5O2. The normalized spacial score (nSPS) is 14.3. The van der Waals surface area contributed by atoms with Crippen LogP contribution in [-0.4, -0.2) is 31.9 Å². The van der Waals surface area contributed by atoms with Gasteiger partial charge in [0.1, 0.15) is 11.6 Å². The number of nitrogens with one attached hydrogen (secondary N) is 1. The number of carbonyl (C=O) groups excluding carboxylic acids is 1. The highest BCUT2D eigenvalue weighted by atomic mass is 16.5. The number of carbonyl (C=O) groups is 1. The van der Waals surface area contributed by atoms with Crippen molar-refractivity contribution >= 4 is 11.7 Å². The fraction of sp³-hybridized carbons (Fsp3) is 0.212. The summed E-state index contributed by atoms with van der Waals surface area (Å²) < 4.78 is 9.86. The van der Waals surface area contributed by atoms with Crippen LogP contribution in [0.2, 0.25) is 0 Å². The third-order valence-electron chi connectivity index (χ3n) is 7.47. The first-order valence-corrected chi connectivity index (χ1v) is 13.8. The first kappa shape index (κ1) is 25.5. The van der Waals surface area contributed by atoms with E-state index in [9.17, 15) is 4.79 Å². The number of para-hydroxylation sites is 1. The standard InChI is InChI=1S/C33H33N5O2/c1-4-24-13-17-26(18-14-24)34-33(39)37-22-29-23(3)35-38(27-10-7-6-8-11-27)32(29)36-21-9-12-30(36)31(37)25-15-19-28(20-16-25)40-5-2/h6-21,31H,4-5,22H2,1-3H3,(H,34,39)/t31-/m1/s1. The van der Waals surface area contributed by atoms with Crippen LogP contribution in [0.25, 0.3) is 11.5 Å². The highest BCUT2D eigenvalue weighted by Gasteiger charge is 2.36. The topological polar surface area (TPSA) is 64.3 Å². The van der Waals surface area contributed by atoms with Crippen LogP contribution in [0.4, 0.5) is 10.5 Å². The van der Waals surface area contributed by atoms with Crippen LogP contribution >= 0.6 is 0 Å². The molecule has 3 aromatic carbocycles. The van der Waals surface area contributed by atoms with Crippen molar-refractivity contribution in [3.63, 3.8) is 0 Å². The number of aromatic nitrogens is 3. The molecule has 7 nitrogen and oxygen atoms in total. The number of benzene rings is 3. The zero-order valence-corrected chi connectivity index (χ0v) is 23.0. The molecule has 0 saturated carbocycles. The van der Waals surface area contributed by atoms with E-state index in [2.05, 4.69) is 65.5 Å². The molecule has 1 atom stereocenters. The summed E-state index contributed by atoms with van der Waals surface area (Å²) in [5, 5.41) is 8.09. The summed E-state index contributed by atoms with van der Waals surface area (Å²) in [6, 6.07) is 29.8. The van der Waals surface area contributed by atoms with Gasteiger partial charge in [-0.2, -0.15) is 5.10 Å². The van der Waals surface area contributed by atoms with E-state index in [-0.39, 0.29) is 12.1 Å². The Hall–Kier alpha value is -4.78. The lowest BCUT2D eigenvalue weighted by atomic mass is 10.0. The quantitative estimate of drug-likeness (QED) is 0.255. The molecule has 7 heteroatoms. The van der Waals surface area contributed by atoms with Crippen LogP contribution in [0, 0.1) is 6.92 Å². The van der Waals surface area contributed by atoms with E-state index < -0.39 is 0 Å². The number of fused-ring (bicyclic) bond motifs is 3. The van der Waals surface area contributed by atoms with Crippen LogP contribution in [0.15, 0.2) is 97.2 Å². The molecule has 0 radical (unpaired) electrons. The van der Waals surface area contributed by atoms with Gasteiger partial charge in [-0.3, -0.25) is 0 Å². The minimum Gasteiger partial charge on any atom is -0.494 e. The van der Waals surface area contributed by atoms with E-state index in [0.29, 0.717) is 13.2 Å². The summed E-state index contributed by atoms with van der Waals surface area (Å²) >= 11 is 0. The number of hydrogen-bond donors (Lipinski definition) is 1. The second-order valence-electron chi connectivity index (χ2n) is 9.95. The molecule has 0 saturated heterocycles. The maximum atomic E-state index is 14.1. The Labute approximate surface area is 234 Å². The van der Waals surface area contributed by atoms with Crippen molar-refractivity contribution < 1.29 is 9.53 Å². The van der Waals surface area contributed by atoms with Crippen LogP contribution in [0.1, 0.15) is 48.0 Å². The van der Waals surface area contributed by atoms with Crippen molar-refractivity contribution in [3.8, 4) is 17.3 Å². The molecule has 3 heterocycles. The maximum Gasteiger partial charge on any atom is 0.322 e. The van der Waals surface area contributed by atoms with Crippen molar-refractivity contribution in [2.24, 2.45) is 0 Å². The van der Waals surface area contributed by atoms with E-state index in [1.54, 1.807) is 0 Å². The number of ether oxygens (including phenoxy) is 1. The average molecular weight is 532 g/mol. The summed E-state index contributed by atoms with van der Waals surface area (Å²) in [4.78, 5) is 16.0. The predicted molar refractivity (Wildman–Crippen MR) is 157 cm³/mol. The molecule has 1 aliphatic rings. The summed E-state index contributed by atoms with van der Waals surface area (Å²) in [6.07, 6.45) is 3.01. The Morgan fingerprint density at radius 1 is 0.950 bits per heavy atom. The molecule has 2 aromatic heterocycles. The van der Waals surface area contributed by atoms with Gasteiger partial charge in [-0.1, -0.05) is 49.4 Å². The van der Waals surface area contributed by atoms with Gasteiger partial charge >= 0.3 is 6.03 Å². The van der Waals surface area contributed by atoms with Crippen molar-refractivity contribution in [1.29, 1.82) is 0 Å². The molecular weight excluding hydrogens is 498 g/mol. The summed E-state index contributed by atoms with van der Waals surface area (Å²) in [5.41, 5.74) is 6.84. The Bertz CT molecular complexity index is 1620. The van der Waals surface area contributed by atoms with E-state index in [1.807, 2.05) is 72.0 Å². The lowest BCUT2D eigenvalue weighted by molar-refractivity contribution is 0.194. The van der Waals surface area contributed by atoms with E-state index in [4.69, 9.17) is 9.84 Å². The largest absolute Gasteiger partial charge is 0.494 e. The van der Waals surface area contributed by atoms with Crippen molar-refractivity contribution in [1.82, 2.24) is 19.2 Å². The fourth-order valence-electron chi connectivity index (χ4n) is 5.43. The lowest BCUT2D eigenvalue weighted by Crippen LogP contribution is -2.38.